The first-order valence-electron chi connectivity index (χ1n) is 9.16. The summed E-state index contributed by atoms with van der Waals surface area (Å²) in [6.07, 6.45) is 3.14. The number of benzene rings is 3. The standard InChI is InChI=1S/C22H17ClN4O2/c1-29-17-8-6-16(7-9-17)27-21(20(23)22(27)28)18-10-14-4-2-3-5-15(14)11-19(18)26-13-24-12-25-26/h2-13,20-21H,1H3/t20-,21-/m1/s1. The van der Waals surface area contributed by atoms with Gasteiger partial charge in [0.25, 0.3) is 0 Å². The highest BCUT2D eigenvalue weighted by atomic mass is 35.5. The number of halogens is 1. The van der Waals surface area contributed by atoms with Crippen LogP contribution in [0, 0.1) is 0 Å². The van der Waals surface area contributed by atoms with Crippen LogP contribution in [0.15, 0.2) is 73.3 Å². The second-order valence-electron chi connectivity index (χ2n) is 6.85. The van der Waals surface area contributed by atoms with Crippen molar-refractivity contribution in [2.45, 2.75) is 11.4 Å². The largest absolute Gasteiger partial charge is 0.497 e. The number of aromatic nitrogens is 3. The zero-order chi connectivity index (χ0) is 20.0. The van der Waals surface area contributed by atoms with E-state index in [2.05, 4.69) is 22.2 Å². The van der Waals surface area contributed by atoms with Gasteiger partial charge < -0.3 is 9.64 Å². The molecule has 0 aliphatic carbocycles. The fraction of sp³-hybridized carbons (Fsp3) is 0.136. The van der Waals surface area contributed by atoms with E-state index >= 15 is 0 Å². The summed E-state index contributed by atoms with van der Waals surface area (Å²) in [4.78, 5) is 18.5. The molecular weight excluding hydrogens is 388 g/mol. The lowest BCUT2D eigenvalue weighted by atomic mass is 9.89. The summed E-state index contributed by atoms with van der Waals surface area (Å²) in [5.41, 5.74) is 2.54. The highest BCUT2D eigenvalue weighted by Gasteiger charge is 2.49. The van der Waals surface area contributed by atoms with Crippen molar-refractivity contribution in [3.63, 3.8) is 0 Å². The second-order valence-corrected chi connectivity index (χ2v) is 7.32. The van der Waals surface area contributed by atoms with E-state index in [0.717, 1.165) is 33.5 Å². The molecule has 29 heavy (non-hydrogen) atoms. The fourth-order valence-electron chi connectivity index (χ4n) is 3.79. The summed E-state index contributed by atoms with van der Waals surface area (Å²) in [5, 5.41) is 5.80. The lowest BCUT2D eigenvalue weighted by Crippen LogP contribution is -2.56. The highest BCUT2D eigenvalue weighted by Crippen LogP contribution is 2.45. The van der Waals surface area contributed by atoms with Gasteiger partial charge >= 0.3 is 0 Å². The average molecular weight is 405 g/mol. The summed E-state index contributed by atoms with van der Waals surface area (Å²) in [6.45, 7) is 0. The summed E-state index contributed by atoms with van der Waals surface area (Å²) in [5.74, 6) is 0.606. The van der Waals surface area contributed by atoms with Gasteiger partial charge in [-0.15, -0.1) is 11.6 Å². The molecule has 2 atom stereocenters. The number of hydrogen-bond acceptors (Lipinski definition) is 4. The molecular formula is C22H17ClN4O2. The van der Waals surface area contributed by atoms with Gasteiger partial charge in [-0.25, -0.2) is 9.67 Å². The summed E-state index contributed by atoms with van der Waals surface area (Å²) in [7, 11) is 1.61. The topological polar surface area (TPSA) is 60.2 Å². The molecule has 1 aliphatic heterocycles. The van der Waals surface area contributed by atoms with Crippen LogP contribution in [-0.2, 0) is 4.79 Å². The first-order chi connectivity index (χ1) is 14.2. The van der Waals surface area contributed by atoms with Crippen molar-refractivity contribution in [1.29, 1.82) is 0 Å². The maximum atomic E-state index is 12.7. The first kappa shape index (κ1) is 17.7. The Hall–Kier alpha value is -3.38. The molecule has 0 radical (unpaired) electrons. The number of carbonyl (C=O) groups is 1. The molecule has 1 fully saturated rings. The quantitative estimate of drug-likeness (QED) is 0.379. The number of hydrogen-bond donors (Lipinski definition) is 0. The molecule has 0 unspecified atom stereocenters. The van der Waals surface area contributed by atoms with Crippen LogP contribution in [0.5, 0.6) is 5.75 Å². The van der Waals surface area contributed by atoms with Crippen LogP contribution in [0.4, 0.5) is 5.69 Å². The fourth-order valence-corrected chi connectivity index (χ4v) is 4.15. The third-order valence-electron chi connectivity index (χ3n) is 5.26. The van der Waals surface area contributed by atoms with E-state index in [0.29, 0.717) is 0 Å². The number of nitrogens with zero attached hydrogens (tertiary/aromatic N) is 4. The van der Waals surface area contributed by atoms with Gasteiger partial charge in [0.2, 0.25) is 5.91 Å². The predicted octanol–water partition coefficient (Wildman–Crippen LogP) is 4.12. The maximum absolute atomic E-state index is 12.7. The van der Waals surface area contributed by atoms with Crippen LogP contribution >= 0.6 is 11.6 Å². The summed E-state index contributed by atoms with van der Waals surface area (Å²) >= 11 is 6.53. The number of alkyl halides is 1. The minimum atomic E-state index is -0.652. The monoisotopic (exact) mass is 404 g/mol. The van der Waals surface area contributed by atoms with Gasteiger partial charge in [0.15, 0.2) is 0 Å². The number of anilines is 1. The van der Waals surface area contributed by atoms with Gasteiger partial charge in [-0.2, -0.15) is 5.10 Å². The molecule has 2 heterocycles. The molecule has 144 valence electrons. The minimum Gasteiger partial charge on any atom is -0.497 e. The third kappa shape index (κ3) is 2.84. The number of rotatable bonds is 4. The third-order valence-corrected chi connectivity index (χ3v) is 5.68. The van der Waals surface area contributed by atoms with E-state index in [9.17, 15) is 4.79 Å². The number of carbonyl (C=O) groups excluding carboxylic acids is 1. The SMILES string of the molecule is COc1ccc(N2C(=O)[C@H](Cl)[C@H]2c2cc3ccccc3cc2-n2cncn2)cc1. The Balaban J connectivity index is 1.66. The van der Waals surface area contributed by atoms with Gasteiger partial charge in [0, 0.05) is 11.3 Å². The molecule has 1 saturated heterocycles. The summed E-state index contributed by atoms with van der Waals surface area (Å²) in [6, 6.07) is 19.3. The Morgan fingerprint density at radius 1 is 1.03 bits per heavy atom. The number of methoxy groups -OCH3 is 1. The van der Waals surface area contributed by atoms with Crippen LogP contribution in [0.3, 0.4) is 0 Å². The average Bonchev–Trinajstić information content (AvgIpc) is 3.31. The number of fused-ring (bicyclic) bond motifs is 1. The van der Waals surface area contributed by atoms with Crippen LogP contribution in [0.25, 0.3) is 16.5 Å². The molecule has 3 aromatic carbocycles. The van der Waals surface area contributed by atoms with Crippen molar-refractivity contribution in [1.82, 2.24) is 14.8 Å². The van der Waals surface area contributed by atoms with Crippen LogP contribution in [-0.4, -0.2) is 33.2 Å². The molecule has 1 aromatic heterocycles. The summed E-state index contributed by atoms with van der Waals surface area (Å²) < 4.78 is 6.94. The molecule has 0 spiro atoms. The number of ether oxygens (including phenoxy) is 1. The molecule has 1 aliphatic rings. The Kier molecular flexibility index (Phi) is 4.21. The van der Waals surface area contributed by atoms with Crippen LogP contribution in [0.1, 0.15) is 11.6 Å². The van der Waals surface area contributed by atoms with Crippen molar-refractivity contribution >= 4 is 34.0 Å². The molecule has 4 aromatic rings. The second kappa shape index (κ2) is 6.90. The van der Waals surface area contributed by atoms with Crippen molar-refractivity contribution in [2.24, 2.45) is 0 Å². The Bertz CT molecular complexity index is 1190. The molecule has 6 nitrogen and oxygen atoms in total. The first-order valence-corrected chi connectivity index (χ1v) is 9.60. The highest BCUT2D eigenvalue weighted by molar-refractivity contribution is 6.37. The van der Waals surface area contributed by atoms with E-state index in [1.54, 1.807) is 23.0 Å². The van der Waals surface area contributed by atoms with E-state index in [1.807, 2.05) is 48.5 Å². The zero-order valence-corrected chi connectivity index (χ0v) is 16.3. The Labute approximate surface area is 172 Å². The van der Waals surface area contributed by atoms with Crippen LogP contribution < -0.4 is 9.64 Å². The van der Waals surface area contributed by atoms with Gasteiger partial charge in [0.1, 0.15) is 23.8 Å². The van der Waals surface area contributed by atoms with Gasteiger partial charge in [-0.3, -0.25) is 4.79 Å². The van der Waals surface area contributed by atoms with E-state index in [-0.39, 0.29) is 11.9 Å². The number of amides is 1. The molecule has 7 heteroatoms. The predicted molar refractivity (Wildman–Crippen MR) is 112 cm³/mol. The minimum absolute atomic E-state index is 0.125. The van der Waals surface area contributed by atoms with Crippen LogP contribution in [0.2, 0.25) is 0 Å². The molecule has 0 N–H and O–H groups in total. The number of β-lactam (4-membered cyclic amide) rings is 1. The Morgan fingerprint density at radius 2 is 1.76 bits per heavy atom. The van der Waals surface area contributed by atoms with Gasteiger partial charge in [0.05, 0.1) is 18.8 Å². The molecule has 5 rings (SSSR count). The van der Waals surface area contributed by atoms with E-state index < -0.39 is 5.38 Å². The lowest BCUT2D eigenvalue weighted by molar-refractivity contribution is -0.123. The maximum Gasteiger partial charge on any atom is 0.248 e. The molecule has 0 saturated carbocycles. The smallest absolute Gasteiger partial charge is 0.248 e. The Morgan fingerprint density at radius 3 is 2.41 bits per heavy atom. The van der Waals surface area contributed by atoms with Crippen molar-refractivity contribution in [2.75, 3.05) is 12.0 Å². The van der Waals surface area contributed by atoms with Crippen molar-refractivity contribution < 1.29 is 9.53 Å². The zero-order valence-electron chi connectivity index (χ0n) is 15.6. The lowest BCUT2D eigenvalue weighted by Gasteiger charge is -2.45. The molecule has 1 amide bonds. The van der Waals surface area contributed by atoms with Crippen molar-refractivity contribution in [3.8, 4) is 11.4 Å². The molecule has 0 bridgehead atoms. The van der Waals surface area contributed by atoms with Gasteiger partial charge in [-0.1, -0.05) is 24.3 Å². The van der Waals surface area contributed by atoms with Crippen molar-refractivity contribution in [3.05, 3.63) is 78.9 Å². The van der Waals surface area contributed by atoms with Gasteiger partial charge in [-0.05, 0) is 47.2 Å². The van der Waals surface area contributed by atoms with E-state index in [1.165, 1.54) is 6.33 Å². The van der Waals surface area contributed by atoms with E-state index in [4.69, 9.17) is 16.3 Å². The normalized spacial score (nSPS) is 18.7.